The number of aromatic hydroxyl groups is 1. The fourth-order valence-corrected chi connectivity index (χ4v) is 2.88. The molecule has 2 heterocycles. The first-order valence-corrected chi connectivity index (χ1v) is 8.44. The predicted octanol–water partition coefficient (Wildman–Crippen LogP) is 1.73. The summed E-state index contributed by atoms with van der Waals surface area (Å²) < 4.78 is 11.2. The summed E-state index contributed by atoms with van der Waals surface area (Å²) in [5.41, 5.74) is -1.89. The number of esters is 1. The van der Waals surface area contributed by atoms with Crippen LogP contribution >= 0.6 is 0 Å². The van der Waals surface area contributed by atoms with Crippen molar-refractivity contribution in [2.45, 2.75) is 51.7 Å². The average Bonchev–Trinajstić information content (AvgIpc) is 2.58. The maximum absolute atomic E-state index is 12.6. The van der Waals surface area contributed by atoms with Gasteiger partial charge in [-0.15, -0.1) is 0 Å². The van der Waals surface area contributed by atoms with Crippen LogP contribution in [0.5, 0.6) is 5.75 Å². The molecule has 1 N–H and O–H groups in total. The minimum absolute atomic E-state index is 0.207. The summed E-state index contributed by atoms with van der Waals surface area (Å²) in [5.74, 6) is -1.48. The summed E-state index contributed by atoms with van der Waals surface area (Å²) in [4.78, 5) is 42.4. The van der Waals surface area contributed by atoms with E-state index in [1.807, 2.05) is 0 Å². The third-order valence-electron chi connectivity index (χ3n) is 4.11. The van der Waals surface area contributed by atoms with Gasteiger partial charge in [0.05, 0.1) is 13.2 Å². The summed E-state index contributed by atoms with van der Waals surface area (Å²) >= 11 is 0. The van der Waals surface area contributed by atoms with Crippen molar-refractivity contribution in [2.24, 2.45) is 7.05 Å². The van der Waals surface area contributed by atoms with E-state index in [1.54, 1.807) is 20.8 Å². The Labute approximate surface area is 151 Å². The molecule has 9 nitrogen and oxygen atoms in total. The summed E-state index contributed by atoms with van der Waals surface area (Å²) in [6.45, 7) is 5.76. The monoisotopic (exact) mass is 367 g/mol. The number of hydrogen-bond donors (Lipinski definition) is 1. The van der Waals surface area contributed by atoms with Crippen molar-refractivity contribution in [3.05, 3.63) is 21.9 Å². The zero-order valence-corrected chi connectivity index (χ0v) is 15.7. The van der Waals surface area contributed by atoms with E-state index in [2.05, 4.69) is 9.72 Å². The minimum Gasteiger partial charge on any atom is -0.501 e. The summed E-state index contributed by atoms with van der Waals surface area (Å²) in [7, 11) is 2.57. The molecule has 1 unspecified atom stereocenters. The average molecular weight is 367 g/mol. The number of likely N-dealkylation sites (tertiary alicyclic amines) is 1. The Kier molecular flexibility index (Phi) is 5.58. The number of nitrogens with zero attached hydrogens (tertiary/aromatic N) is 3. The van der Waals surface area contributed by atoms with E-state index in [0.29, 0.717) is 13.0 Å². The van der Waals surface area contributed by atoms with Crippen LogP contribution < -0.4 is 5.56 Å². The second kappa shape index (κ2) is 7.35. The van der Waals surface area contributed by atoms with Crippen LogP contribution in [0.4, 0.5) is 4.79 Å². The number of aromatic nitrogens is 2. The minimum atomic E-state index is -0.916. The van der Waals surface area contributed by atoms with Gasteiger partial charge in [0, 0.05) is 13.6 Å². The molecule has 1 aliphatic heterocycles. The summed E-state index contributed by atoms with van der Waals surface area (Å²) in [6.07, 6.45) is 1.68. The number of rotatable bonds is 2. The number of carbonyl (C=O) groups excluding carboxylic acids is 2. The highest BCUT2D eigenvalue weighted by Crippen LogP contribution is 2.31. The Hall–Kier alpha value is -2.58. The van der Waals surface area contributed by atoms with Crippen molar-refractivity contribution >= 4 is 12.1 Å². The van der Waals surface area contributed by atoms with Crippen LogP contribution in [0.1, 0.15) is 62.4 Å². The van der Waals surface area contributed by atoms with Crippen LogP contribution in [0.15, 0.2) is 4.79 Å². The van der Waals surface area contributed by atoms with Crippen molar-refractivity contribution in [3.8, 4) is 5.75 Å². The molecular formula is C17H25N3O6. The maximum atomic E-state index is 12.6. The summed E-state index contributed by atoms with van der Waals surface area (Å²) in [6, 6.07) is -0.541. The highest BCUT2D eigenvalue weighted by atomic mass is 16.6. The van der Waals surface area contributed by atoms with Crippen LogP contribution in [0.25, 0.3) is 0 Å². The Morgan fingerprint density at radius 1 is 1.27 bits per heavy atom. The van der Waals surface area contributed by atoms with E-state index in [0.717, 1.165) is 24.5 Å². The SMILES string of the molecule is COC(=O)c1nc(C2CCCCN2C(=O)OC(C)(C)C)n(C)c(=O)c1O. The van der Waals surface area contributed by atoms with Gasteiger partial charge >= 0.3 is 12.1 Å². The van der Waals surface area contributed by atoms with Gasteiger partial charge in [0.2, 0.25) is 5.75 Å². The number of carbonyl (C=O) groups is 2. The zero-order valence-electron chi connectivity index (χ0n) is 15.7. The number of hydrogen-bond acceptors (Lipinski definition) is 7. The molecule has 26 heavy (non-hydrogen) atoms. The Morgan fingerprint density at radius 2 is 1.92 bits per heavy atom. The quantitative estimate of drug-likeness (QED) is 0.793. The molecule has 1 aromatic rings. The van der Waals surface area contributed by atoms with Crippen LogP contribution in [-0.4, -0.2) is 50.9 Å². The van der Waals surface area contributed by atoms with Gasteiger partial charge in [0.25, 0.3) is 5.56 Å². The van der Waals surface area contributed by atoms with Crippen LogP contribution in [0, 0.1) is 0 Å². The smallest absolute Gasteiger partial charge is 0.410 e. The van der Waals surface area contributed by atoms with Crippen LogP contribution in [0.3, 0.4) is 0 Å². The van der Waals surface area contributed by atoms with Gasteiger partial charge in [0.1, 0.15) is 11.4 Å². The van der Waals surface area contributed by atoms with Crippen molar-refractivity contribution in [1.29, 1.82) is 0 Å². The van der Waals surface area contributed by atoms with Gasteiger partial charge in [-0.1, -0.05) is 0 Å². The topological polar surface area (TPSA) is 111 Å². The van der Waals surface area contributed by atoms with Gasteiger partial charge in [-0.05, 0) is 40.0 Å². The highest BCUT2D eigenvalue weighted by molar-refractivity contribution is 5.89. The van der Waals surface area contributed by atoms with Crippen molar-refractivity contribution in [3.63, 3.8) is 0 Å². The molecule has 0 aliphatic carbocycles. The van der Waals surface area contributed by atoms with E-state index >= 15 is 0 Å². The summed E-state index contributed by atoms with van der Waals surface area (Å²) in [5, 5.41) is 9.93. The molecule has 1 aliphatic rings. The normalized spacial score (nSPS) is 17.7. The van der Waals surface area contributed by atoms with E-state index in [4.69, 9.17) is 4.74 Å². The fraction of sp³-hybridized carbons (Fsp3) is 0.647. The Morgan fingerprint density at radius 3 is 2.50 bits per heavy atom. The second-order valence-electron chi connectivity index (χ2n) is 7.21. The largest absolute Gasteiger partial charge is 0.501 e. The molecule has 1 fully saturated rings. The molecule has 1 amide bonds. The standard InChI is InChI=1S/C17H25N3O6/c1-17(2,3)26-16(24)20-9-7-6-8-10(20)13-18-11(15(23)25-5)12(21)14(22)19(13)4/h10,21H,6-9H2,1-5H3. The van der Waals surface area contributed by atoms with Crippen molar-refractivity contribution in [2.75, 3.05) is 13.7 Å². The molecule has 9 heteroatoms. The van der Waals surface area contributed by atoms with E-state index < -0.39 is 40.7 Å². The first-order valence-electron chi connectivity index (χ1n) is 8.44. The number of methoxy groups -OCH3 is 1. The first kappa shape index (κ1) is 19.7. The molecule has 0 saturated carbocycles. The second-order valence-corrected chi connectivity index (χ2v) is 7.21. The Balaban J connectivity index is 2.50. The van der Waals surface area contributed by atoms with Gasteiger partial charge in [0.15, 0.2) is 5.69 Å². The molecule has 1 aromatic heterocycles. The molecule has 2 rings (SSSR count). The predicted molar refractivity (Wildman–Crippen MR) is 92.0 cm³/mol. The molecule has 0 bridgehead atoms. The Bertz CT molecular complexity index is 765. The van der Waals surface area contributed by atoms with Gasteiger partial charge < -0.3 is 14.6 Å². The number of piperidine rings is 1. The van der Waals surface area contributed by atoms with Crippen molar-refractivity contribution < 1.29 is 24.2 Å². The molecule has 1 saturated heterocycles. The molecule has 144 valence electrons. The van der Waals surface area contributed by atoms with E-state index in [9.17, 15) is 19.5 Å². The molecular weight excluding hydrogens is 342 g/mol. The van der Waals surface area contributed by atoms with Gasteiger partial charge in [-0.2, -0.15) is 0 Å². The number of amides is 1. The van der Waals surface area contributed by atoms with Gasteiger partial charge in [-0.3, -0.25) is 14.3 Å². The lowest BCUT2D eigenvalue weighted by Gasteiger charge is -2.36. The fourth-order valence-electron chi connectivity index (χ4n) is 2.88. The number of ether oxygens (including phenoxy) is 2. The molecule has 0 aromatic carbocycles. The third-order valence-corrected chi connectivity index (χ3v) is 4.11. The van der Waals surface area contributed by atoms with Gasteiger partial charge in [-0.25, -0.2) is 14.6 Å². The lowest BCUT2D eigenvalue weighted by molar-refractivity contribution is 0.00793. The zero-order chi connectivity index (χ0) is 19.6. The van der Waals surface area contributed by atoms with E-state index in [1.165, 1.54) is 11.9 Å². The van der Waals surface area contributed by atoms with Crippen LogP contribution in [0.2, 0.25) is 0 Å². The molecule has 1 atom stereocenters. The molecule has 0 radical (unpaired) electrons. The lowest BCUT2D eigenvalue weighted by Crippen LogP contribution is -2.44. The maximum Gasteiger partial charge on any atom is 0.410 e. The third kappa shape index (κ3) is 3.97. The molecule has 0 spiro atoms. The van der Waals surface area contributed by atoms with E-state index in [-0.39, 0.29) is 5.82 Å². The van der Waals surface area contributed by atoms with Crippen LogP contribution in [-0.2, 0) is 16.5 Å². The first-order chi connectivity index (χ1) is 12.1. The lowest BCUT2D eigenvalue weighted by atomic mass is 10.0. The van der Waals surface area contributed by atoms with Crippen molar-refractivity contribution in [1.82, 2.24) is 14.5 Å². The highest BCUT2D eigenvalue weighted by Gasteiger charge is 2.35.